The third-order valence-corrected chi connectivity index (χ3v) is 5.08. The van der Waals surface area contributed by atoms with Crippen molar-refractivity contribution >= 4 is 28.6 Å². The van der Waals surface area contributed by atoms with E-state index in [0.717, 1.165) is 21.7 Å². The summed E-state index contributed by atoms with van der Waals surface area (Å²) in [5, 5.41) is 4.52. The summed E-state index contributed by atoms with van der Waals surface area (Å²) in [5.74, 6) is 2.07. The van der Waals surface area contributed by atoms with Gasteiger partial charge in [-0.05, 0) is 30.3 Å². The topological polar surface area (TPSA) is 77.2 Å². The summed E-state index contributed by atoms with van der Waals surface area (Å²) >= 11 is 1.38. The number of benzene rings is 2. The lowest BCUT2D eigenvalue weighted by atomic mass is 10.2. The van der Waals surface area contributed by atoms with Crippen LogP contribution >= 0.6 is 11.8 Å². The minimum atomic E-state index is -0.0751. The Kier molecular flexibility index (Phi) is 6.07. The number of hydrogen-bond acceptors (Lipinski definition) is 6. The Labute approximate surface area is 172 Å². The van der Waals surface area contributed by atoms with Crippen LogP contribution in [0.2, 0.25) is 0 Å². The summed E-state index contributed by atoms with van der Waals surface area (Å²) in [5.41, 5.74) is 0.813. The fourth-order valence-electron chi connectivity index (χ4n) is 2.73. The van der Waals surface area contributed by atoms with Crippen molar-refractivity contribution in [2.75, 3.05) is 18.9 Å². The van der Waals surface area contributed by atoms with Gasteiger partial charge in [0.2, 0.25) is 5.91 Å². The first-order chi connectivity index (χ1) is 14.3. The van der Waals surface area contributed by atoms with Crippen molar-refractivity contribution in [1.82, 2.24) is 15.3 Å². The number of hydrogen-bond donors (Lipinski definition) is 1. The highest BCUT2D eigenvalue weighted by atomic mass is 32.2. The first-order valence-corrected chi connectivity index (χ1v) is 10.2. The van der Waals surface area contributed by atoms with Crippen LogP contribution in [0.25, 0.3) is 22.5 Å². The number of para-hydroxylation sites is 2. The van der Waals surface area contributed by atoms with Gasteiger partial charge in [-0.1, -0.05) is 48.2 Å². The number of carbonyl (C=O) groups excluding carboxylic acids is 1. The first kappa shape index (κ1) is 19.0. The van der Waals surface area contributed by atoms with Crippen LogP contribution in [0.5, 0.6) is 5.75 Å². The molecular weight excluding hydrogens is 386 g/mol. The minimum absolute atomic E-state index is 0.0751. The van der Waals surface area contributed by atoms with Crippen molar-refractivity contribution in [3.63, 3.8) is 0 Å². The van der Waals surface area contributed by atoms with E-state index in [0.29, 0.717) is 24.7 Å². The van der Waals surface area contributed by atoms with E-state index in [1.54, 1.807) is 12.3 Å². The largest absolute Gasteiger partial charge is 0.492 e. The predicted molar refractivity (Wildman–Crippen MR) is 113 cm³/mol. The molecule has 0 spiro atoms. The zero-order chi connectivity index (χ0) is 19.9. The quantitative estimate of drug-likeness (QED) is 0.269. The molecule has 6 nitrogen and oxygen atoms in total. The monoisotopic (exact) mass is 405 g/mol. The molecule has 0 aliphatic carbocycles. The van der Waals surface area contributed by atoms with Crippen LogP contribution in [0, 0.1) is 0 Å². The van der Waals surface area contributed by atoms with E-state index in [2.05, 4.69) is 15.3 Å². The zero-order valence-electron chi connectivity index (χ0n) is 15.6. The lowest BCUT2D eigenvalue weighted by Crippen LogP contribution is -2.29. The van der Waals surface area contributed by atoms with Crippen molar-refractivity contribution in [2.24, 2.45) is 0 Å². The smallest absolute Gasteiger partial charge is 0.230 e. The van der Waals surface area contributed by atoms with Gasteiger partial charge in [0, 0.05) is 5.39 Å². The van der Waals surface area contributed by atoms with Gasteiger partial charge in [-0.25, -0.2) is 9.97 Å². The van der Waals surface area contributed by atoms with E-state index < -0.39 is 0 Å². The Morgan fingerprint density at radius 2 is 1.83 bits per heavy atom. The molecule has 0 aliphatic heterocycles. The highest BCUT2D eigenvalue weighted by Gasteiger charge is 2.13. The van der Waals surface area contributed by atoms with Crippen molar-refractivity contribution in [1.29, 1.82) is 0 Å². The Morgan fingerprint density at radius 3 is 2.66 bits per heavy atom. The second-order valence-electron chi connectivity index (χ2n) is 6.15. The first-order valence-electron chi connectivity index (χ1n) is 9.17. The fraction of sp³-hybridized carbons (Fsp3) is 0.136. The number of fused-ring (bicyclic) bond motifs is 1. The van der Waals surface area contributed by atoms with Crippen LogP contribution in [0.15, 0.2) is 82.4 Å². The third-order valence-electron chi connectivity index (χ3n) is 4.09. The molecule has 0 saturated carbocycles. The average Bonchev–Trinajstić information content (AvgIpc) is 3.31. The number of aromatic nitrogens is 2. The van der Waals surface area contributed by atoms with Gasteiger partial charge in [0.15, 0.2) is 11.6 Å². The van der Waals surface area contributed by atoms with Crippen LogP contribution in [-0.2, 0) is 4.79 Å². The van der Waals surface area contributed by atoms with Gasteiger partial charge in [-0.3, -0.25) is 4.79 Å². The van der Waals surface area contributed by atoms with Gasteiger partial charge in [0.05, 0.1) is 24.1 Å². The second-order valence-corrected chi connectivity index (χ2v) is 7.11. The van der Waals surface area contributed by atoms with Crippen LogP contribution in [0.4, 0.5) is 0 Å². The van der Waals surface area contributed by atoms with Crippen LogP contribution in [0.3, 0.4) is 0 Å². The molecule has 29 heavy (non-hydrogen) atoms. The normalized spacial score (nSPS) is 10.8. The Morgan fingerprint density at radius 1 is 1.00 bits per heavy atom. The highest BCUT2D eigenvalue weighted by Crippen LogP contribution is 2.28. The van der Waals surface area contributed by atoms with Gasteiger partial charge < -0.3 is 14.5 Å². The summed E-state index contributed by atoms with van der Waals surface area (Å²) in [6, 6.07) is 20.9. The Bertz CT molecular complexity index is 1090. The van der Waals surface area contributed by atoms with Gasteiger partial charge in [-0.2, -0.15) is 0 Å². The summed E-state index contributed by atoms with van der Waals surface area (Å²) in [4.78, 5) is 21.4. The SMILES string of the molecule is O=C(CSc1nc(-c2ccco2)nc2ccccc12)NCCOc1ccccc1. The van der Waals surface area contributed by atoms with E-state index in [1.807, 2.05) is 60.7 Å². The van der Waals surface area contributed by atoms with Gasteiger partial charge in [0.1, 0.15) is 17.4 Å². The maximum Gasteiger partial charge on any atom is 0.230 e. The maximum atomic E-state index is 12.2. The van der Waals surface area contributed by atoms with E-state index >= 15 is 0 Å². The molecule has 0 radical (unpaired) electrons. The standard InChI is InChI=1S/C22H19N3O3S/c26-20(23-12-14-27-16-7-2-1-3-8-16)15-29-22-17-9-4-5-10-18(17)24-21(25-22)19-11-6-13-28-19/h1-11,13H,12,14-15H2,(H,23,26). The lowest BCUT2D eigenvalue weighted by Gasteiger charge is -2.09. The van der Waals surface area contributed by atoms with Gasteiger partial charge in [0.25, 0.3) is 0 Å². The molecule has 4 aromatic rings. The van der Waals surface area contributed by atoms with Crippen LogP contribution < -0.4 is 10.1 Å². The Hall–Kier alpha value is -3.32. The molecule has 2 heterocycles. The molecule has 0 atom stereocenters. The molecule has 1 amide bonds. The molecule has 4 rings (SSSR count). The molecule has 0 aliphatic rings. The summed E-state index contributed by atoms with van der Waals surface area (Å²) < 4.78 is 11.0. The number of amides is 1. The van der Waals surface area contributed by atoms with Crippen molar-refractivity contribution in [2.45, 2.75) is 5.03 Å². The number of rotatable bonds is 8. The molecule has 2 aromatic heterocycles. The number of thioether (sulfide) groups is 1. The predicted octanol–water partition coefficient (Wildman–Crippen LogP) is 4.18. The lowest BCUT2D eigenvalue weighted by molar-refractivity contribution is -0.118. The van der Waals surface area contributed by atoms with E-state index in [-0.39, 0.29) is 11.7 Å². The number of nitrogens with one attached hydrogen (secondary N) is 1. The van der Waals surface area contributed by atoms with Gasteiger partial charge >= 0.3 is 0 Å². The van der Waals surface area contributed by atoms with Gasteiger partial charge in [-0.15, -0.1) is 0 Å². The van der Waals surface area contributed by atoms with Crippen molar-refractivity contribution < 1.29 is 13.9 Å². The summed E-state index contributed by atoms with van der Waals surface area (Å²) in [6.07, 6.45) is 1.59. The molecular formula is C22H19N3O3S. The molecule has 0 bridgehead atoms. The van der Waals surface area contributed by atoms with Crippen molar-refractivity contribution in [3.8, 4) is 17.3 Å². The minimum Gasteiger partial charge on any atom is -0.492 e. The van der Waals surface area contributed by atoms with Crippen molar-refractivity contribution in [3.05, 3.63) is 73.0 Å². The Balaban J connectivity index is 1.36. The van der Waals surface area contributed by atoms with E-state index in [9.17, 15) is 4.79 Å². The molecule has 2 aromatic carbocycles. The molecule has 146 valence electrons. The fourth-order valence-corrected chi connectivity index (χ4v) is 3.58. The zero-order valence-corrected chi connectivity index (χ0v) is 16.4. The molecule has 0 fully saturated rings. The number of furan rings is 1. The van der Waals surface area contributed by atoms with Crippen LogP contribution in [0.1, 0.15) is 0 Å². The summed E-state index contributed by atoms with van der Waals surface area (Å²) in [7, 11) is 0. The third kappa shape index (κ3) is 4.94. The van der Waals surface area contributed by atoms with E-state index in [1.165, 1.54) is 11.8 Å². The highest BCUT2D eigenvalue weighted by molar-refractivity contribution is 8.00. The molecule has 1 N–H and O–H groups in total. The summed E-state index contributed by atoms with van der Waals surface area (Å²) in [6.45, 7) is 0.857. The molecule has 7 heteroatoms. The van der Waals surface area contributed by atoms with Crippen LogP contribution in [-0.4, -0.2) is 34.8 Å². The average molecular weight is 405 g/mol. The number of nitrogens with zero attached hydrogens (tertiary/aromatic N) is 2. The molecule has 0 unspecified atom stereocenters. The molecule has 0 saturated heterocycles. The van der Waals surface area contributed by atoms with E-state index in [4.69, 9.17) is 9.15 Å². The number of ether oxygens (including phenoxy) is 1. The second kappa shape index (κ2) is 9.25. The maximum absolute atomic E-state index is 12.2. The number of carbonyl (C=O) groups is 1.